The summed E-state index contributed by atoms with van der Waals surface area (Å²) in [6.07, 6.45) is -3.58. The molecule has 1 aromatic rings. The highest BCUT2D eigenvalue weighted by atomic mass is 19.4. The Morgan fingerprint density at radius 3 is 2.44 bits per heavy atom. The van der Waals surface area contributed by atoms with E-state index in [-0.39, 0.29) is 5.56 Å². The minimum Gasteiger partial charge on any atom is -0.271 e. The van der Waals surface area contributed by atoms with Crippen molar-refractivity contribution in [2.24, 2.45) is 5.84 Å². The summed E-state index contributed by atoms with van der Waals surface area (Å²) < 4.78 is 49.9. The van der Waals surface area contributed by atoms with Gasteiger partial charge in [-0.1, -0.05) is 6.07 Å². The van der Waals surface area contributed by atoms with Gasteiger partial charge in [-0.2, -0.15) is 13.2 Å². The number of hydrazine groups is 1. The van der Waals surface area contributed by atoms with Crippen molar-refractivity contribution in [2.45, 2.75) is 19.0 Å². The van der Waals surface area contributed by atoms with Crippen molar-refractivity contribution >= 4 is 0 Å². The number of alkyl halides is 3. The lowest BCUT2D eigenvalue weighted by Crippen LogP contribution is -2.23. The summed E-state index contributed by atoms with van der Waals surface area (Å²) in [4.78, 5) is 0. The third kappa shape index (κ3) is 3.46. The lowest BCUT2D eigenvalue weighted by atomic mass is 10.1. The van der Waals surface area contributed by atoms with Gasteiger partial charge in [-0.25, -0.2) is 4.39 Å². The topological polar surface area (TPSA) is 38.0 Å². The van der Waals surface area contributed by atoms with Gasteiger partial charge < -0.3 is 0 Å². The maximum absolute atomic E-state index is 13.3. The Balaban J connectivity index is 2.76. The highest BCUT2D eigenvalue weighted by molar-refractivity contribution is 5.26. The van der Waals surface area contributed by atoms with Crippen LogP contribution in [0.1, 0.15) is 17.5 Å². The predicted molar refractivity (Wildman–Crippen MR) is 51.9 cm³/mol. The minimum atomic E-state index is -4.50. The first-order chi connectivity index (χ1) is 7.45. The molecular weight excluding hydrogens is 224 g/mol. The first-order valence-corrected chi connectivity index (χ1v) is 4.74. The smallest absolute Gasteiger partial charge is 0.271 e. The molecule has 0 bridgehead atoms. The van der Waals surface area contributed by atoms with Gasteiger partial charge >= 0.3 is 6.18 Å². The molecule has 0 aromatic heterocycles. The Bertz CT molecular complexity index is 349. The Kier molecular flexibility index (Phi) is 4.26. The van der Waals surface area contributed by atoms with Crippen LogP contribution in [0.15, 0.2) is 18.2 Å². The monoisotopic (exact) mass is 236 g/mol. The van der Waals surface area contributed by atoms with E-state index < -0.39 is 17.6 Å². The number of halogens is 4. The number of hydrogen-bond acceptors (Lipinski definition) is 2. The normalized spacial score (nSPS) is 11.8. The Morgan fingerprint density at radius 2 is 1.94 bits per heavy atom. The molecule has 6 heteroatoms. The van der Waals surface area contributed by atoms with E-state index in [1.54, 1.807) is 0 Å². The molecule has 0 amide bonds. The third-order valence-electron chi connectivity index (χ3n) is 2.15. The van der Waals surface area contributed by atoms with E-state index in [0.29, 0.717) is 25.5 Å². The zero-order chi connectivity index (χ0) is 12.2. The molecule has 0 heterocycles. The molecule has 0 unspecified atom stereocenters. The van der Waals surface area contributed by atoms with Gasteiger partial charge in [0.25, 0.3) is 0 Å². The van der Waals surface area contributed by atoms with Crippen molar-refractivity contribution in [1.82, 2.24) is 5.43 Å². The van der Waals surface area contributed by atoms with Gasteiger partial charge in [-0.15, -0.1) is 0 Å². The van der Waals surface area contributed by atoms with Crippen LogP contribution in [0.4, 0.5) is 17.6 Å². The summed E-state index contributed by atoms with van der Waals surface area (Å²) >= 11 is 0. The fraction of sp³-hybridized carbons (Fsp3) is 0.400. The third-order valence-corrected chi connectivity index (χ3v) is 2.15. The van der Waals surface area contributed by atoms with Crippen molar-refractivity contribution in [3.05, 3.63) is 35.1 Å². The number of aryl methyl sites for hydroxylation is 1. The fourth-order valence-electron chi connectivity index (χ4n) is 1.31. The van der Waals surface area contributed by atoms with Crippen molar-refractivity contribution in [3.8, 4) is 0 Å². The molecule has 16 heavy (non-hydrogen) atoms. The molecule has 2 nitrogen and oxygen atoms in total. The number of nitrogens with two attached hydrogens (primary N) is 1. The van der Waals surface area contributed by atoms with E-state index in [0.717, 1.165) is 12.1 Å². The van der Waals surface area contributed by atoms with Gasteiger partial charge in [-0.3, -0.25) is 11.3 Å². The molecule has 3 N–H and O–H groups in total. The number of hydrogen-bond donors (Lipinski definition) is 2. The predicted octanol–water partition coefficient (Wildman–Crippen LogP) is 2.24. The Hall–Kier alpha value is -1.14. The van der Waals surface area contributed by atoms with Crippen LogP contribution in [0.25, 0.3) is 0 Å². The molecule has 0 spiro atoms. The molecule has 90 valence electrons. The molecule has 0 atom stereocenters. The van der Waals surface area contributed by atoms with Gasteiger partial charge in [0, 0.05) is 6.54 Å². The lowest BCUT2D eigenvalue weighted by Gasteiger charge is -2.09. The highest BCUT2D eigenvalue weighted by Crippen LogP contribution is 2.30. The van der Waals surface area contributed by atoms with Crippen LogP contribution in [0.2, 0.25) is 0 Å². The second-order valence-electron chi connectivity index (χ2n) is 3.36. The first kappa shape index (κ1) is 12.9. The average Bonchev–Trinajstić information content (AvgIpc) is 2.19. The first-order valence-electron chi connectivity index (χ1n) is 4.74. The van der Waals surface area contributed by atoms with Crippen molar-refractivity contribution < 1.29 is 17.6 Å². The fourth-order valence-corrected chi connectivity index (χ4v) is 1.31. The average molecular weight is 236 g/mol. The number of benzene rings is 1. The number of nitrogens with one attached hydrogen (secondary N) is 1. The summed E-state index contributed by atoms with van der Waals surface area (Å²) in [6, 6.07) is 2.56. The summed E-state index contributed by atoms with van der Waals surface area (Å²) in [6.45, 7) is 0.487. The molecule has 0 aliphatic rings. The maximum Gasteiger partial charge on any atom is 0.416 e. The van der Waals surface area contributed by atoms with Crippen molar-refractivity contribution in [2.75, 3.05) is 6.54 Å². The van der Waals surface area contributed by atoms with Crippen molar-refractivity contribution in [3.63, 3.8) is 0 Å². The zero-order valence-electron chi connectivity index (χ0n) is 8.44. The van der Waals surface area contributed by atoms with Crippen LogP contribution >= 0.6 is 0 Å². The van der Waals surface area contributed by atoms with E-state index in [1.165, 1.54) is 0 Å². The second-order valence-corrected chi connectivity index (χ2v) is 3.36. The van der Waals surface area contributed by atoms with E-state index >= 15 is 0 Å². The van der Waals surface area contributed by atoms with Gasteiger partial charge in [0.2, 0.25) is 0 Å². The molecule has 0 radical (unpaired) electrons. The van der Waals surface area contributed by atoms with E-state index in [2.05, 4.69) is 5.43 Å². The molecule has 0 saturated heterocycles. The van der Waals surface area contributed by atoms with Crippen LogP contribution in [0.3, 0.4) is 0 Å². The SMILES string of the molecule is NNCCCc1ccc(C(F)(F)F)cc1F. The van der Waals surface area contributed by atoms with E-state index in [9.17, 15) is 17.6 Å². The molecule has 0 saturated carbocycles. The van der Waals surface area contributed by atoms with Gasteiger partial charge in [0.1, 0.15) is 5.82 Å². The van der Waals surface area contributed by atoms with Gasteiger partial charge in [0.15, 0.2) is 0 Å². The quantitative estimate of drug-likeness (QED) is 0.364. The molecule has 1 rings (SSSR count). The minimum absolute atomic E-state index is 0.267. The summed E-state index contributed by atoms with van der Waals surface area (Å²) in [5, 5.41) is 0. The van der Waals surface area contributed by atoms with Crippen LogP contribution in [0, 0.1) is 5.82 Å². The van der Waals surface area contributed by atoms with Gasteiger partial charge in [0.05, 0.1) is 5.56 Å². The zero-order valence-corrected chi connectivity index (χ0v) is 8.44. The molecule has 0 aliphatic carbocycles. The van der Waals surface area contributed by atoms with Crippen LogP contribution in [-0.4, -0.2) is 6.54 Å². The summed E-state index contributed by atoms with van der Waals surface area (Å²) in [5.41, 5.74) is 1.69. The standard InChI is InChI=1S/C10H12F4N2/c11-9-6-8(10(12,13)14)4-3-7(9)2-1-5-16-15/h3-4,6,16H,1-2,5,15H2. The molecule has 1 aromatic carbocycles. The van der Waals surface area contributed by atoms with Crippen LogP contribution < -0.4 is 11.3 Å². The second kappa shape index (κ2) is 5.27. The van der Waals surface area contributed by atoms with E-state index in [1.807, 2.05) is 0 Å². The maximum atomic E-state index is 13.3. The summed E-state index contributed by atoms with van der Waals surface area (Å²) in [5.74, 6) is 4.19. The van der Waals surface area contributed by atoms with Crippen LogP contribution in [0.5, 0.6) is 0 Å². The summed E-state index contributed by atoms with van der Waals surface area (Å²) in [7, 11) is 0. The molecule has 0 fully saturated rings. The van der Waals surface area contributed by atoms with Gasteiger partial charge in [-0.05, 0) is 30.5 Å². The Morgan fingerprint density at radius 1 is 1.25 bits per heavy atom. The highest BCUT2D eigenvalue weighted by Gasteiger charge is 2.30. The molecular formula is C10H12F4N2. The van der Waals surface area contributed by atoms with Crippen molar-refractivity contribution in [1.29, 1.82) is 0 Å². The largest absolute Gasteiger partial charge is 0.416 e. The Labute approximate surface area is 90.4 Å². The van der Waals surface area contributed by atoms with Crippen LogP contribution in [-0.2, 0) is 12.6 Å². The lowest BCUT2D eigenvalue weighted by molar-refractivity contribution is -0.137. The molecule has 0 aliphatic heterocycles. The van der Waals surface area contributed by atoms with E-state index in [4.69, 9.17) is 5.84 Å². The number of rotatable bonds is 4.